The minimum atomic E-state index is -4.41. The molecule has 0 atom stereocenters. The van der Waals surface area contributed by atoms with Gasteiger partial charge in [0.05, 0.1) is 5.56 Å². The second-order valence-electron chi connectivity index (χ2n) is 3.77. The number of aromatic nitrogens is 1. The van der Waals surface area contributed by atoms with E-state index in [-0.39, 0.29) is 11.3 Å². The van der Waals surface area contributed by atoms with Crippen molar-refractivity contribution in [1.29, 1.82) is 0 Å². The molecular formula is C13H7BrF3NO. The number of pyridine rings is 1. The minimum absolute atomic E-state index is 0.169. The Hall–Kier alpha value is -1.69. The largest absolute Gasteiger partial charge is 0.416 e. The zero-order valence-corrected chi connectivity index (χ0v) is 11.0. The lowest BCUT2D eigenvalue weighted by atomic mass is 10.1. The lowest BCUT2D eigenvalue weighted by Crippen LogP contribution is -2.07. The Kier molecular flexibility index (Phi) is 3.71. The molecular weight excluding hydrogens is 323 g/mol. The number of benzene rings is 1. The van der Waals surface area contributed by atoms with E-state index in [0.29, 0.717) is 0 Å². The predicted octanol–water partition coefficient (Wildman–Crippen LogP) is 4.09. The van der Waals surface area contributed by atoms with Gasteiger partial charge in [0.15, 0.2) is 0 Å². The molecule has 1 aromatic heterocycles. The highest BCUT2D eigenvalue weighted by atomic mass is 79.9. The number of rotatable bonds is 2. The van der Waals surface area contributed by atoms with E-state index in [0.717, 1.165) is 28.7 Å². The quantitative estimate of drug-likeness (QED) is 0.776. The summed E-state index contributed by atoms with van der Waals surface area (Å²) in [5.41, 5.74) is -0.432. The van der Waals surface area contributed by atoms with Crippen molar-refractivity contribution in [1.82, 2.24) is 4.98 Å². The molecule has 0 unspecified atom stereocenters. The molecule has 0 saturated heterocycles. The van der Waals surface area contributed by atoms with Crippen LogP contribution in [0.1, 0.15) is 21.6 Å². The molecule has 6 heteroatoms. The summed E-state index contributed by atoms with van der Waals surface area (Å²) in [5.74, 6) is -0.416. The average Bonchev–Trinajstić information content (AvgIpc) is 2.38. The SMILES string of the molecule is O=C(c1ccc(C(F)(F)F)cc1)c1ccc(Br)cn1. The Morgan fingerprint density at radius 3 is 2.16 bits per heavy atom. The molecule has 0 aliphatic heterocycles. The third-order valence-electron chi connectivity index (χ3n) is 2.43. The van der Waals surface area contributed by atoms with Crippen LogP contribution in [0.5, 0.6) is 0 Å². The van der Waals surface area contributed by atoms with Crippen molar-refractivity contribution in [2.24, 2.45) is 0 Å². The van der Waals surface area contributed by atoms with Crippen LogP contribution in [0.3, 0.4) is 0 Å². The van der Waals surface area contributed by atoms with Crippen molar-refractivity contribution in [3.63, 3.8) is 0 Å². The maximum absolute atomic E-state index is 12.4. The van der Waals surface area contributed by atoms with Gasteiger partial charge in [-0.2, -0.15) is 13.2 Å². The van der Waals surface area contributed by atoms with Gasteiger partial charge in [0.25, 0.3) is 0 Å². The Bertz CT molecular complexity index is 591. The third kappa shape index (κ3) is 3.20. The number of alkyl halides is 3. The zero-order chi connectivity index (χ0) is 14.0. The molecule has 19 heavy (non-hydrogen) atoms. The van der Waals surface area contributed by atoms with Gasteiger partial charge in [-0.25, -0.2) is 0 Å². The van der Waals surface area contributed by atoms with Gasteiger partial charge in [-0.1, -0.05) is 12.1 Å². The molecule has 0 spiro atoms. The van der Waals surface area contributed by atoms with Crippen molar-refractivity contribution < 1.29 is 18.0 Å². The molecule has 0 radical (unpaired) electrons. The summed E-state index contributed by atoms with van der Waals surface area (Å²) in [7, 11) is 0. The molecule has 2 rings (SSSR count). The molecule has 0 amide bonds. The van der Waals surface area contributed by atoms with Gasteiger partial charge in [0, 0.05) is 16.2 Å². The van der Waals surface area contributed by atoms with Crippen LogP contribution in [0.2, 0.25) is 0 Å². The van der Waals surface area contributed by atoms with Crippen molar-refractivity contribution >= 4 is 21.7 Å². The Morgan fingerprint density at radius 1 is 1.05 bits per heavy atom. The lowest BCUT2D eigenvalue weighted by Gasteiger charge is -2.07. The van der Waals surface area contributed by atoms with Gasteiger partial charge in [0.2, 0.25) is 5.78 Å². The first kappa shape index (κ1) is 13.7. The van der Waals surface area contributed by atoms with E-state index in [1.807, 2.05) is 0 Å². The van der Waals surface area contributed by atoms with E-state index < -0.39 is 17.5 Å². The average molecular weight is 330 g/mol. The molecule has 2 nitrogen and oxygen atoms in total. The van der Waals surface area contributed by atoms with Crippen LogP contribution in [0, 0.1) is 0 Å². The highest BCUT2D eigenvalue weighted by Crippen LogP contribution is 2.29. The minimum Gasteiger partial charge on any atom is -0.287 e. The predicted molar refractivity (Wildman–Crippen MR) is 66.8 cm³/mol. The topological polar surface area (TPSA) is 30.0 Å². The fraction of sp³-hybridized carbons (Fsp3) is 0.0769. The maximum Gasteiger partial charge on any atom is 0.416 e. The maximum atomic E-state index is 12.4. The Morgan fingerprint density at radius 2 is 1.68 bits per heavy atom. The van der Waals surface area contributed by atoms with E-state index in [4.69, 9.17) is 0 Å². The van der Waals surface area contributed by atoms with Crippen molar-refractivity contribution in [3.05, 3.63) is 63.9 Å². The summed E-state index contributed by atoms with van der Waals surface area (Å²) in [6.45, 7) is 0. The van der Waals surface area contributed by atoms with Crippen LogP contribution in [0.25, 0.3) is 0 Å². The molecule has 0 bridgehead atoms. The Balaban J connectivity index is 2.27. The summed E-state index contributed by atoms with van der Waals surface area (Å²) < 4.78 is 37.9. The second-order valence-corrected chi connectivity index (χ2v) is 4.68. The summed E-state index contributed by atoms with van der Waals surface area (Å²) >= 11 is 3.18. The molecule has 2 aromatic rings. The fourth-order valence-electron chi connectivity index (χ4n) is 1.47. The first-order valence-corrected chi connectivity index (χ1v) is 6.01. The Labute approximate surface area is 115 Å². The monoisotopic (exact) mass is 329 g/mol. The molecule has 0 aliphatic rings. The molecule has 0 fully saturated rings. The van der Waals surface area contributed by atoms with Crippen molar-refractivity contribution in [2.75, 3.05) is 0 Å². The number of carbonyl (C=O) groups is 1. The van der Waals surface area contributed by atoms with E-state index in [2.05, 4.69) is 20.9 Å². The van der Waals surface area contributed by atoms with Crippen LogP contribution in [-0.2, 0) is 6.18 Å². The molecule has 98 valence electrons. The van der Waals surface area contributed by atoms with Gasteiger partial charge in [0.1, 0.15) is 5.69 Å². The van der Waals surface area contributed by atoms with Crippen LogP contribution in [-0.4, -0.2) is 10.8 Å². The molecule has 0 N–H and O–H groups in total. The van der Waals surface area contributed by atoms with Gasteiger partial charge in [-0.15, -0.1) is 0 Å². The van der Waals surface area contributed by atoms with E-state index in [1.54, 1.807) is 6.07 Å². The molecule has 0 saturated carbocycles. The third-order valence-corrected chi connectivity index (χ3v) is 2.90. The number of hydrogen-bond donors (Lipinski definition) is 0. The number of hydrogen-bond acceptors (Lipinski definition) is 2. The smallest absolute Gasteiger partial charge is 0.287 e. The first-order chi connectivity index (χ1) is 8.88. The van der Waals surface area contributed by atoms with Crippen molar-refractivity contribution in [2.45, 2.75) is 6.18 Å². The normalized spacial score (nSPS) is 11.4. The number of nitrogens with zero attached hydrogens (tertiary/aromatic N) is 1. The number of carbonyl (C=O) groups excluding carboxylic acids is 1. The fourth-order valence-corrected chi connectivity index (χ4v) is 1.70. The van der Waals surface area contributed by atoms with Crippen LogP contribution >= 0.6 is 15.9 Å². The van der Waals surface area contributed by atoms with Gasteiger partial charge in [-0.05, 0) is 40.2 Å². The van der Waals surface area contributed by atoms with Gasteiger partial charge in [-0.3, -0.25) is 9.78 Å². The summed E-state index contributed by atoms with van der Waals surface area (Å²) in [5, 5.41) is 0. The summed E-state index contributed by atoms with van der Waals surface area (Å²) in [6.07, 6.45) is -2.95. The standard InChI is InChI=1S/C13H7BrF3NO/c14-10-5-6-11(18-7-10)12(19)8-1-3-9(4-2-8)13(15,16)17/h1-7H. The van der Waals surface area contributed by atoms with Crippen LogP contribution in [0.15, 0.2) is 47.1 Å². The van der Waals surface area contributed by atoms with Crippen molar-refractivity contribution in [3.8, 4) is 0 Å². The zero-order valence-electron chi connectivity index (χ0n) is 9.41. The van der Waals surface area contributed by atoms with Crippen LogP contribution < -0.4 is 0 Å². The van der Waals surface area contributed by atoms with Gasteiger partial charge >= 0.3 is 6.18 Å². The van der Waals surface area contributed by atoms with E-state index in [1.165, 1.54) is 12.3 Å². The molecule has 0 aliphatic carbocycles. The summed E-state index contributed by atoms with van der Waals surface area (Å²) in [6, 6.07) is 7.20. The van der Waals surface area contributed by atoms with E-state index >= 15 is 0 Å². The summed E-state index contributed by atoms with van der Waals surface area (Å²) in [4.78, 5) is 15.9. The van der Waals surface area contributed by atoms with Gasteiger partial charge < -0.3 is 0 Å². The number of ketones is 1. The second kappa shape index (κ2) is 5.13. The number of halogens is 4. The molecule has 1 aromatic carbocycles. The van der Waals surface area contributed by atoms with E-state index in [9.17, 15) is 18.0 Å². The molecule has 1 heterocycles. The first-order valence-electron chi connectivity index (χ1n) is 5.21. The highest BCUT2D eigenvalue weighted by Gasteiger charge is 2.30. The lowest BCUT2D eigenvalue weighted by molar-refractivity contribution is -0.137. The highest BCUT2D eigenvalue weighted by molar-refractivity contribution is 9.10. The van der Waals surface area contributed by atoms with Crippen LogP contribution in [0.4, 0.5) is 13.2 Å².